The van der Waals surface area contributed by atoms with E-state index in [4.69, 9.17) is 8.83 Å². The lowest BCUT2D eigenvalue weighted by molar-refractivity contribution is 0.669. The molecule has 0 unspecified atom stereocenters. The molecule has 0 fully saturated rings. The van der Waals surface area contributed by atoms with Crippen LogP contribution in [0.1, 0.15) is 0 Å². The van der Waals surface area contributed by atoms with Gasteiger partial charge in [-0.3, -0.25) is 0 Å². The van der Waals surface area contributed by atoms with Crippen LogP contribution in [0.5, 0.6) is 0 Å². The average Bonchev–Trinajstić information content (AvgIpc) is 3.75. The van der Waals surface area contributed by atoms with Crippen LogP contribution in [0.3, 0.4) is 0 Å². The van der Waals surface area contributed by atoms with Crippen molar-refractivity contribution < 1.29 is 8.83 Å². The Morgan fingerprint density at radius 1 is 0.327 bits per heavy atom. The van der Waals surface area contributed by atoms with Crippen molar-refractivity contribution in [2.75, 3.05) is 4.90 Å². The lowest BCUT2D eigenvalue weighted by Gasteiger charge is -2.26. The second-order valence-electron chi connectivity index (χ2n) is 12.5. The van der Waals surface area contributed by atoms with Crippen molar-refractivity contribution in [1.82, 2.24) is 0 Å². The molecule has 49 heavy (non-hydrogen) atoms. The van der Waals surface area contributed by atoms with Crippen LogP contribution in [-0.2, 0) is 0 Å². The molecule has 3 nitrogen and oxygen atoms in total. The number of furan rings is 2. The highest BCUT2D eigenvalue weighted by atomic mass is 16.3. The topological polar surface area (TPSA) is 29.5 Å². The van der Waals surface area contributed by atoms with E-state index in [2.05, 4.69) is 163 Å². The van der Waals surface area contributed by atoms with Gasteiger partial charge < -0.3 is 13.7 Å². The summed E-state index contributed by atoms with van der Waals surface area (Å²) in [5.41, 5.74) is 11.5. The highest BCUT2D eigenvalue weighted by molar-refractivity contribution is 6.19. The molecule has 0 amide bonds. The number of fused-ring (bicyclic) bond motifs is 8. The summed E-state index contributed by atoms with van der Waals surface area (Å²) in [4.78, 5) is 2.31. The zero-order valence-corrected chi connectivity index (χ0v) is 26.5. The lowest BCUT2D eigenvalue weighted by atomic mass is 9.97. The SMILES string of the molecule is c1ccc(N(c2ccc(-c3cccc4oc5ccccc5c34)cc2)c2ccc(-c3cccc4oc5c6ccccc6ccc5c34)cc2)cc1. The van der Waals surface area contributed by atoms with E-state index in [1.54, 1.807) is 0 Å². The van der Waals surface area contributed by atoms with Gasteiger partial charge >= 0.3 is 0 Å². The molecule has 10 aromatic rings. The summed E-state index contributed by atoms with van der Waals surface area (Å²) >= 11 is 0. The summed E-state index contributed by atoms with van der Waals surface area (Å²) in [5.74, 6) is 0. The third-order valence-electron chi connectivity index (χ3n) is 9.68. The molecule has 0 aliphatic heterocycles. The van der Waals surface area contributed by atoms with Crippen molar-refractivity contribution >= 4 is 71.7 Å². The van der Waals surface area contributed by atoms with Gasteiger partial charge in [0.2, 0.25) is 0 Å². The van der Waals surface area contributed by atoms with E-state index in [9.17, 15) is 0 Å². The molecule has 0 aliphatic rings. The van der Waals surface area contributed by atoms with Gasteiger partial charge in [-0.2, -0.15) is 0 Å². The van der Waals surface area contributed by atoms with Crippen molar-refractivity contribution in [3.05, 3.63) is 176 Å². The molecule has 0 atom stereocenters. The first-order valence-corrected chi connectivity index (χ1v) is 16.6. The van der Waals surface area contributed by atoms with Crippen LogP contribution in [0, 0.1) is 0 Å². The summed E-state index contributed by atoms with van der Waals surface area (Å²) in [6.45, 7) is 0. The molecular weight excluding hydrogens is 599 g/mol. The molecule has 0 bridgehead atoms. The second-order valence-corrected chi connectivity index (χ2v) is 12.5. The molecule has 230 valence electrons. The van der Waals surface area contributed by atoms with E-state index in [0.717, 1.165) is 83.0 Å². The molecule has 2 heterocycles. The average molecular weight is 628 g/mol. The van der Waals surface area contributed by atoms with Crippen LogP contribution in [0.2, 0.25) is 0 Å². The molecule has 0 radical (unpaired) electrons. The van der Waals surface area contributed by atoms with Gasteiger partial charge in [0.15, 0.2) is 0 Å². The minimum absolute atomic E-state index is 0.901. The molecule has 0 saturated heterocycles. The van der Waals surface area contributed by atoms with Gasteiger partial charge in [-0.1, -0.05) is 115 Å². The summed E-state index contributed by atoms with van der Waals surface area (Å²) < 4.78 is 12.7. The fraction of sp³-hybridized carbons (Fsp3) is 0. The number of hydrogen-bond acceptors (Lipinski definition) is 3. The van der Waals surface area contributed by atoms with E-state index in [1.807, 2.05) is 18.2 Å². The van der Waals surface area contributed by atoms with Gasteiger partial charge in [0.25, 0.3) is 0 Å². The van der Waals surface area contributed by atoms with Gasteiger partial charge in [0, 0.05) is 44.0 Å². The predicted molar refractivity (Wildman–Crippen MR) is 204 cm³/mol. The molecule has 0 N–H and O–H groups in total. The molecule has 0 saturated carbocycles. The van der Waals surface area contributed by atoms with Crippen LogP contribution in [0.4, 0.5) is 17.1 Å². The Morgan fingerprint density at radius 3 is 1.55 bits per heavy atom. The minimum Gasteiger partial charge on any atom is -0.456 e. The van der Waals surface area contributed by atoms with Gasteiger partial charge in [-0.15, -0.1) is 0 Å². The number of benzene rings is 8. The number of anilines is 3. The third kappa shape index (κ3) is 4.44. The number of nitrogens with zero attached hydrogens (tertiary/aromatic N) is 1. The quantitative estimate of drug-likeness (QED) is 0.190. The van der Waals surface area contributed by atoms with E-state index < -0.39 is 0 Å². The van der Waals surface area contributed by atoms with Crippen LogP contribution in [-0.4, -0.2) is 0 Å². The highest BCUT2D eigenvalue weighted by Crippen LogP contribution is 2.42. The first-order valence-electron chi connectivity index (χ1n) is 16.6. The van der Waals surface area contributed by atoms with E-state index >= 15 is 0 Å². The van der Waals surface area contributed by atoms with E-state index in [1.165, 1.54) is 10.9 Å². The van der Waals surface area contributed by atoms with Crippen LogP contribution < -0.4 is 4.90 Å². The summed E-state index contributed by atoms with van der Waals surface area (Å²) in [5, 5.41) is 6.88. The number of para-hydroxylation sites is 2. The monoisotopic (exact) mass is 627 g/mol. The van der Waals surface area contributed by atoms with Crippen molar-refractivity contribution in [3.8, 4) is 22.3 Å². The van der Waals surface area contributed by atoms with Crippen molar-refractivity contribution in [1.29, 1.82) is 0 Å². The summed E-state index contributed by atoms with van der Waals surface area (Å²) in [7, 11) is 0. The second kappa shape index (κ2) is 11.0. The Hall–Kier alpha value is -6.58. The Bertz CT molecular complexity index is 2810. The Kier molecular flexibility index (Phi) is 6.18. The molecule has 0 aliphatic carbocycles. The first kappa shape index (κ1) is 27.5. The fourth-order valence-electron chi connectivity index (χ4n) is 7.41. The zero-order valence-electron chi connectivity index (χ0n) is 26.5. The van der Waals surface area contributed by atoms with Gasteiger partial charge in [0.1, 0.15) is 22.3 Å². The normalized spacial score (nSPS) is 11.7. The Balaban J connectivity index is 1.06. The maximum Gasteiger partial charge on any atom is 0.143 e. The maximum absolute atomic E-state index is 6.47. The first-order chi connectivity index (χ1) is 24.3. The molecule has 8 aromatic carbocycles. The van der Waals surface area contributed by atoms with Gasteiger partial charge in [-0.05, 0) is 88.3 Å². The number of rotatable bonds is 5. The molecule has 2 aromatic heterocycles. The van der Waals surface area contributed by atoms with Gasteiger partial charge in [-0.25, -0.2) is 0 Å². The summed E-state index contributed by atoms with van der Waals surface area (Å²) in [6, 6.07) is 61.9. The zero-order chi connectivity index (χ0) is 32.3. The van der Waals surface area contributed by atoms with Crippen molar-refractivity contribution in [2.24, 2.45) is 0 Å². The fourth-order valence-corrected chi connectivity index (χ4v) is 7.41. The Labute approximate surface area is 282 Å². The number of hydrogen-bond donors (Lipinski definition) is 0. The Morgan fingerprint density at radius 2 is 0.857 bits per heavy atom. The van der Waals surface area contributed by atoms with Crippen LogP contribution >= 0.6 is 0 Å². The lowest BCUT2D eigenvalue weighted by Crippen LogP contribution is -2.09. The minimum atomic E-state index is 0.901. The van der Waals surface area contributed by atoms with Crippen molar-refractivity contribution in [2.45, 2.75) is 0 Å². The molecule has 10 rings (SSSR count). The predicted octanol–water partition coefficient (Wildman–Crippen LogP) is 13.4. The van der Waals surface area contributed by atoms with E-state index in [-0.39, 0.29) is 0 Å². The molecule has 0 spiro atoms. The third-order valence-corrected chi connectivity index (χ3v) is 9.68. The molecular formula is C46H29NO2. The molecule has 3 heteroatoms. The maximum atomic E-state index is 6.47. The smallest absolute Gasteiger partial charge is 0.143 e. The van der Waals surface area contributed by atoms with Crippen LogP contribution in [0.15, 0.2) is 185 Å². The summed E-state index contributed by atoms with van der Waals surface area (Å²) in [6.07, 6.45) is 0. The standard InChI is InChI=1S/C46H29NO2/c1-2-11-33(12-3-1)47(34-25-20-31(21-26-34)36-15-8-18-42-44(36)39-14-6-7-17-41(39)48-42)35-27-22-32(23-28-35)37-16-9-19-43-45(37)40-29-24-30-10-4-5-13-38(30)46(40)49-43/h1-29H. The van der Waals surface area contributed by atoms with Gasteiger partial charge in [0.05, 0.1) is 0 Å². The van der Waals surface area contributed by atoms with E-state index in [0.29, 0.717) is 0 Å². The largest absolute Gasteiger partial charge is 0.456 e. The van der Waals surface area contributed by atoms with Crippen molar-refractivity contribution in [3.63, 3.8) is 0 Å². The highest BCUT2D eigenvalue weighted by Gasteiger charge is 2.17. The van der Waals surface area contributed by atoms with Crippen LogP contribution in [0.25, 0.3) is 76.9 Å².